The molecule has 1 aliphatic rings. The summed E-state index contributed by atoms with van der Waals surface area (Å²) < 4.78 is 26.5. The van der Waals surface area contributed by atoms with Crippen molar-refractivity contribution in [3.63, 3.8) is 0 Å². The highest BCUT2D eigenvalue weighted by molar-refractivity contribution is 5.49. The molecule has 0 unspecified atom stereocenters. The summed E-state index contributed by atoms with van der Waals surface area (Å²) >= 11 is 0. The predicted octanol–water partition coefficient (Wildman–Crippen LogP) is 8.13. The molecule has 0 N–H and O–H groups in total. The van der Waals surface area contributed by atoms with E-state index in [2.05, 4.69) is 43.3 Å². The van der Waals surface area contributed by atoms with Crippen LogP contribution >= 0.6 is 0 Å². The molecule has 0 aliphatic heterocycles. The molecule has 2 heteroatoms. The fourth-order valence-corrected chi connectivity index (χ4v) is 3.69. The first-order chi connectivity index (χ1) is 12.1. The van der Waals surface area contributed by atoms with Gasteiger partial charge in [-0.15, -0.1) is 0 Å². The quantitative estimate of drug-likeness (QED) is 0.374. The molecule has 0 nitrogen and oxygen atoms in total. The van der Waals surface area contributed by atoms with Gasteiger partial charge in [-0.2, -0.15) is 0 Å². The van der Waals surface area contributed by atoms with Crippen molar-refractivity contribution < 1.29 is 8.78 Å². The molecule has 1 aliphatic carbocycles. The van der Waals surface area contributed by atoms with Gasteiger partial charge in [-0.3, -0.25) is 0 Å². The van der Waals surface area contributed by atoms with Crippen LogP contribution in [0.4, 0.5) is 8.78 Å². The van der Waals surface area contributed by atoms with Crippen LogP contribution in [0.25, 0.3) is 6.08 Å². The van der Waals surface area contributed by atoms with Gasteiger partial charge in [0.05, 0.1) is 0 Å². The Labute approximate surface area is 152 Å². The summed E-state index contributed by atoms with van der Waals surface area (Å²) in [6.45, 7) is 2.25. The number of alkyl halides is 2. The van der Waals surface area contributed by atoms with Gasteiger partial charge in [0.2, 0.25) is 5.92 Å². The normalized spacial score (nSPS) is 18.0. The molecule has 140 valence electrons. The minimum absolute atomic E-state index is 0.0394. The van der Waals surface area contributed by atoms with Crippen LogP contribution in [0.15, 0.2) is 30.3 Å². The summed E-state index contributed by atoms with van der Waals surface area (Å²) in [4.78, 5) is 0. The molecule has 2 rings (SSSR count). The molecule has 0 heterocycles. The molecule has 0 radical (unpaired) electrons. The third-order valence-electron chi connectivity index (χ3n) is 5.41. The van der Waals surface area contributed by atoms with Crippen molar-refractivity contribution in [1.29, 1.82) is 0 Å². The molecule has 0 bridgehead atoms. The van der Waals surface area contributed by atoms with E-state index in [-0.39, 0.29) is 12.8 Å². The number of rotatable bonds is 10. The Morgan fingerprint density at radius 1 is 0.920 bits per heavy atom. The molecule has 1 aromatic rings. The van der Waals surface area contributed by atoms with Crippen LogP contribution in [-0.4, -0.2) is 5.92 Å². The summed E-state index contributed by atoms with van der Waals surface area (Å²) in [6.07, 6.45) is 16.3. The molecule has 0 amide bonds. The van der Waals surface area contributed by atoms with Gasteiger partial charge in [0.25, 0.3) is 0 Å². The van der Waals surface area contributed by atoms with Gasteiger partial charge in [-0.1, -0.05) is 81.9 Å². The number of benzene rings is 1. The van der Waals surface area contributed by atoms with Gasteiger partial charge in [0, 0.05) is 12.8 Å². The highest BCUT2D eigenvalue weighted by Crippen LogP contribution is 2.40. The van der Waals surface area contributed by atoms with Crippen molar-refractivity contribution in [2.75, 3.05) is 0 Å². The van der Waals surface area contributed by atoms with Gasteiger partial charge in [0.15, 0.2) is 0 Å². The average molecular weight is 349 g/mol. The maximum atomic E-state index is 13.3. The van der Waals surface area contributed by atoms with Crippen LogP contribution in [0, 0.1) is 0 Å². The second kappa shape index (κ2) is 10.7. The first kappa shape index (κ1) is 20.1. The number of hydrogen-bond acceptors (Lipinski definition) is 0. The highest BCUT2D eigenvalue weighted by atomic mass is 19.3. The zero-order valence-electron chi connectivity index (χ0n) is 15.8. The molecule has 1 fully saturated rings. The summed E-state index contributed by atoms with van der Waals surface area (Å²) in [5.74, 6) is -2.12. The minimum atomic E-state index is -2.44. The van der Waals surface area contributed by atoms with Gasteiger partial charge in [-0.25, -0.2) is 8.78 Å². The third-order valence-corrected chi connectivity index (χ3v) is 5.41. The van der Waals surface area contributed by atoms with Crippen LogP contribution in [0.1, 0.15) is 101 Å². The topological polar surface area (TPSA) is 0 Å². The van der Waals surface area contributed by atoms with Crippen LogP contribution in [0.2, 0.25) is 0 Å². The fraction of sp³-hybridized carbons (Fsp3) is 0.652. The predicted molar refractivity (Wildman–Crippen MR) is 104 cm³/mol. The molecule has 1 saturated carbocycles. The number of hydrogen-bond donors (Lipinski definition) is 0. The first-order valence-electron chi connectivity index (χ1n) is 10.2. The smallest absolute Gasteiger partial charge is 0.207 e. The average Bonchev–Trinajstić information content (AvgIpc) is 2.61. The van der Waals surface area contributed by atoms with E-state index in [9.17, 15) is 8.78 Å². The lowest BCUT2D eigenvalue weighted by Crippen LogP contribution is -2.23. The molecular weight excluding hydrogens is 314 g/mol. The molecule has 0 spiro atoms. The molecule has 25 heavy (non-hydrogen) atoms. The Morgan fingerprint density at radius 3 is 2.16 bits per heavy atom. The fourth-order valence-electron chi connectivity index (χ4n) is 3.69. The first-order valence-corrected chi connectivity index (χ1v) is 10.2. The molecule has 0 saturated heterocycles. The Bertz CT molecular complexity index is 491. The Morgan fingerprint density at radius 2 is 1.52 bits per heavy atom. The summed E-state index contributed by atoms with van der Waals surface area (Å²) in [5, 5.41) is 0. The van der Waals surface area contributed by atoms with E-state index in [1.165, 1.54) is 56.1 Å². The van der Waals surface area contributed by atoms with Gasteiger partial charge in [-0.05, 0) is 42.7 Å². The zero-order chi connectivity index (χ0) is 18.0. The minimum Gasteiger partial charge on any atom is -0.207 e. The summed E-state index contributed by atoms with van der Waals surface area (Å²) in [6, 6.07) is 8.51. The Balaban J connectivity index is 1.65. The monoisotopic (exact) mass is 348 g/mol. The lowest BCUT2D eigenvalue weighted by molar-refractivity contribution is -0.0382. The lowest BCUT2D eigenvalue weighted by Gasteiger charge is -2.28. The third kappa shape index (κ3) is 7.71. The van der Waals surface area contributed by atoms with E-state index < -0.39 is 5.92 Å². The highest BCUT2D eigenvalue weighted by Gasteiger charge is 2.35. The molecule has 0 aromatic heterocycles. The summed E-state index contributed by atoms with van der Waals surface area (Å²) in [5.41, 5.74) is 2.44. The maximum absolute atomic E-state index is 13.3. The zero-order valence-corrected chi connectivity index (χ0v) is 15.8. The van der Waals surface area contributed by atoms with Crippen LogP contribution in [-0.2, 0) is 0 Å². The largest absolute Gasteiger partial charge is 0.248 e. The molecular formula is C23H34F2. The molecule has 1 aromatic carbocycles. The van der Waals surface area contributed by atoms with E-state index in [4.69, 9.17) is 0 Å². The molecule has 0 atom stereocenters. The van der Waals surface area contributed by atoms with E-state index in [1.807, 2.05) is 0 Å². The van der Waals surface area contributed by atoms with Gasteiger partial charge >= 0.3 is 0 Å². The van der Waals surface area contributed by atoms with Gasteiger partial charge < -0.3 is 0 Å². The number of unbranched alkanes of at least 4 members (excludes halogenated alkanes) is 7. The second-order valence-electron chi connectivity index (χ2n) is 7.61. The number of allylic oxidation sites excluding steroid dienone is 1. The van der Waals surface area contributed by atoms with Crippen LogP contribution < -0.4 is 0 Å². The standard InChI is InChI=1S/C23H34F2/c1-2-3-4-5-6-7-8-9-10-11-20-12-14-21(15-13-20)22-16-18-23(24,25)19-17-22/h10-15,22H,2-9,16-19H2,1H3. The van der Waals surface area contributed by atoms with Gasteiger partial charge in [0.1, 0.15) is 0 Å². The second-order valence-corrected chi connectivity index (χ2v) is 7.61. The summed E-state index contributed by atoms with van der Waals surface area (Å²) in [7, 11) is 0. The lowest BCUT2D eigenvalue weighted by atomic mass is 9.82. The van der Waals surface area contributed by atoms with Crippen molar-refractivity contribution in [3.8, 4) is 0 Å². The maximum Gasteiger partial charge on any atom is 0.248 e. The van der Waals surface area contributed by atoms with Crippen molar-refractivity contribution in [2.24, 2.45) is 0 Å². The van der Waals surface area contributed by atoms with E-state index in [0.717, 1.165) is 6.42 Å². The Hall–Kier alpha value is -1.18. The van der Waals surface area contributed by atoms with Crippen LogP contribution in [0.5, 0.6) is 0 Å². The van der Waals surface area contributed by atoms with Crippen molar-refractivity contribution in [3.05, 3.63) is 41.5 Å². The van der Waals surface area contributed by atoms with Crippen molar-refractivity contribution in [2.45, 2.75) is 95.8 Å². The number of halogens is 2. The van der Waals surface area contributed by atoms with E-state index in [1.54, 1.807) is 0 Å². The van der Waals surface area contributed by atoms with E-state index in [0.29, 0.717) is 18.8 Å². The SMILES string of the molecule is CCCCCCCCCC=Cc1ccc(C2CCC(F)(F)CC2)cc1. The van der Waals surface area contributed by atoms with Crippen molar-refractivity contribution in [1.82, 2.24) is 0 Å². The Kier molecular flexibility index (Phi) is 8.64. The van der Waals surface area contributed by atoms with Crippen LogP contribution in [0.3, 0.4) is 0 Å². The van der Waals surface area contributed by atoms with E-state index >= 15 is 0 Å². The van der Waals surface area contributed by atoms with Crippen molar-refractivity contribution >= 4 is 6.08 Å².